The summed E-state index contributed by atoms with van der Waals surface area (Å²) in [6.07, 6.45) is 0. The molecule has 0 radical (unpaired) electrons. The summed E-state index contributed by atoms with van der Waals surface area (Å²) in [6.45, 7) is 8.69. The predicted octanol–water partition coefficient (Wildman–Crippen LogP) is 2.02. The highest BCUT2D eigenvalue weighted by Gasteiger charge is 2.17. The molecule has 0 aromatic heterocycles. The van der Waals surface area contributed by atoms with Gasteiger partial charge in [0.15, 0.2) is 0 Å². The number of anilines is 1. The fourth-order valence-corrected chi connectivity index (χ4v) is 2.00. The SMILES string of the molecule is CC(C)NCc1cc(F)ccc1N(CC(N)=O)C(C)C. The topological polar surface area (TPSA) is 58.4 Å². The van der Waals surface area contributed by atoms with Crippen LogP contribution in [0.25, 0.3) is 0 Å². The maximum Gasteiger partial charge on any atom is 0.236 e. The molecule has 0 spiro atoms. The van der Waals surface area contributed by atoms with Crippen LogP contribution in [0.5, 0.6) is 0 Å². The van der Waals surface area contributed by atoms with E-state index < -0.39 is 5.91 Å². The lowest BCUT2D eigenvalue weighted by Gasteiger charge is -2.30. The van der Waals surface area contributed by atoms with Gasteiger partial charge in [0.2, 0.25) is 5.91 Å². The van der Waals surface area contributed by atoms with Gasteiger partial charge in [-0.25, -0.2) is 4.39 Å². The van der Waals surface area contributed by atoms with Crippen molar-refractivity contribution in [2.45, 2.75) is 46.3 Å². The zero-order valence-electron chi connectivity index (χ0n) is 12.6. The van der Waals surface area contributed by atoms with E-state index in [9.17, 15) is 9.18 Å². The Bertz CT molecular complexity index is 460. The number of hydrogen-bond acceptors (Lipinski definition) is 3. The van der Waals surface area contributed by atoms with Crippen LogP contribution in [0.15, 0.2) is 18.2 Å². The number of nitrogens with one attached hydrogen (secondary N) is 1. The first-order valence-corrected chi connectivity index (χ1v) is 6.88. The molecule has 0 heterocycles. The van der Waals surface area contributed by atoms with Crippen LogP contribution >= 0.6 is 0 Å². The Kier molecular flexibility index (Phi) is 5.95. The van der Waals surface area contributed by atoms with Crippen molar-refractivity contribution in [3.05, 3.63) is 29.6 Å². The van der Waals surface area contributed by atoms with Crippen LogP contribution in [-0.2, 0) is 11.3 Å². The van der Waals surface area contributed by atoms with Crippen LogP contribution in [0.2, 0.25) is 0 Å². The van der Waals surface area contributed by atoms with E-state index in [2.05, 4.69) is 5.32 Å². The number of carbonyl (C=O) groups is 1. The molecule has 1 aromatic carbocycles. The molecule has 0 aliphatic carbocycles. The van der Waals surface area contributed by atoms with E-state index in [1.54, 1.807) is 6.07 Å². The molecular weight excluding hydrogens is 257 g/mol. The number of primary amides is 1. The van der Waals surface area contributed by atoms with Gasteiger partial charge in [-0.05, 0) is 37.6 Å². The number of benzene rings is 1. The van der Waals surface area contributed by atoms with Crippen molar-refractivity contribution in [1.82, 2.24) is 5.32 Å². The number of nitrogens with two attached hydrogens (primary N) is 1. The highest BCUT2D eigenvalue weighted by Crippen LogP contribution is 2.23. The molecule has 0 bridgehead atoms. The smallest absolute Gasteiger partial charge is 0.236 e. The standard InChI is InChI=1S/C15H24FN3O/c1-10(2)18-8-12-7-13(16)5-6-14(12)19(11(3)4)9-15(17)20/h5-7,10-11,18H,8-9H2,1-4H3,(H2,17,20). The number of carbonyl (C=O) groups excluding carboxylic acids is 1. The number of hydrogen-bond donors (Lipinski definition) is 2. The first-order chi connectivity index (χ1) is 9.31. The molecule has 0 saturated heterocycles. The summed E-state index contributed by atoms with van der Waals surface area (Å²) in [5.74, 6) is -0.678. The minimum atomic E-state index is -0.397. The van der Waals surface area contributed by atoms with Crippen molar-refractivity contribution in [2.75, 3.05) is 11.4 Å². The van der Waals surface area contributed by atoms with Gasteiger partial charge in [0.05, 0.1) is 6.54 Å². The fraction of sp³-hybridized carbons (Fsp3) is 0.533. The molecule has 0 unspecified atom stereocenters. The first-order valence-electron chi connectivity index (χ1n) is 6.88. The van der Waals surface area contributed by atoms with Gasteiger partial charge >= 0.3 is 0 Å². The lowest BCUT2D eigenvalue weighted by Crippen LogP contribution is -2.39. The van der Waals surface area contributed by atoms with Gasteiger partial charge in [-0.1, -0.05) is 13.8 Å². The Morgan fingerprint density at radius 1 is 1.35 bits per heavy atom. The molecule has 3 N–H and O–H groups in total. The van der Waals surface area contributed by atoms with Crippen molar-refractivity contribution in [3.63, 3.8) is 0 Å². The predicted molar refractivity (Wildman–Crippen MR) is 80.1 cm³/mol. The van der Waals surface area contributed by atoms with E-state index in [0.717, 1.165) is 11.3 Å². The van der Waals surface area contributed by atoms with Crippen LogP contribution in [0.3, 0.4) is 0 Å². The van der Waals surface area contributed by atoms with Crippen LogP contribution in [0.1, 0.15) is 33.3 Å². The summed E-state index contributed by atoms with van der Waals surface area (Å²) in [5, 5.41) is 3.27. The van der Waals surface area contributed by atoms with E-state index in [-0.39, 0.29) is 18.4 Å². The Labute approximate surface area is 120 Å². The maximum atomic E-state index is 13.5. The van der Waals surface area contributed by atoms with Crippen LogP contribution < -0.4 is 16.0 Å². The molecule has 112 valence electrons. The normalized spacial score (nSPS) is 11.2. The molecule has 0 aliphatic rings. The summed E-state index contributed by atoms with van der Waals surface area (Å²) in [7, 11) is 0. The van der Waals surface area contributed by atoms with Gasteiger partial charge in [0.1, 0.15) is 5.82 Å². The van der Waals surface area contributed by atoms with Gasteiger partial charge in [-0.2, -0.15) is 0 Å². The number of nitrogens with zero attached hydrogens (tertiary/aromatic N) is 1. The molecular formula is C15H24FN3O. The molecule has 4 nitrogen and oxygen atoms in total. The summed E-state index contributed by atoms with van der Waals surface area (Å²) < 4.78 is 13.5. The first kappa shape index (κ1) is 16.4. The quantitative estimate of drug-likeness (QED) is 0.804. The molecule has 0 atom stereocenters. The average molecular weight is 281 g/mol. The third-order valence-corrected chi connectivity index (χ3v) is 3.00. The van der Waals surface area contributed by atoms with E-state index in [0.29, 0.717) is 12.6 Å². The molecule has 0 aliphatic heterocycles. The van der Waals surface area contributed by atoms with Crippen LogP contribution in [0.4, 0.5) is 10.1 Å². The second-order valence-corrected chi connectivity index (χ2v) is 5.50. The van der Waals surface area contributed by atoms with E-state index in [4.69, 9.17) is 5.73 Å². The Morgan fingerprint density at radius 2 is 2.00 bits per heavy atom. The zero-order valence-corrected chi connectivity index (χ0v) is 12.6. The lowest BCUT2D eigenvalue weighted by molar-refractivity contribution is -0.116. The number of rotatable bonds is 7. The Morgan fingerprint density at radius 3 is 2.50 bits per heavy atom. The summed E-state index contributed by atoms with van der Waals surface area (Å²) in [4.78, 5) is 13.1. The summed E-state index contributed by atoms with van der Waals surface area (Å²) in [5.41, 5.74) is 6.97. The fourth-order valence-electron chi connectivity index (χ4n) is 2.00. The van der Waals surface area contributed by atoms with Gasteiger partial charge in [-0.3, -0.25) is 4.79 Å². The summed E-state index contributed by atoms with van der Waals surface area (Å²) >= 11 is 0. The second-order valence-electron chi connectivity index (χ2n) is 5.50. The summed E-state index contributed by atoms with van der Waals surface area (Å²) in [6, 6.07) is 5.02. The average Bonchev–Trinajstić information content (AvgIpc) is 2.33. The van der Waals surface area contributed by atoms with Crippen LogP contribution in [-0.4, -0.2) is 24.5 Å². The molecule has 0 fully saturated rings. The molecule has 1 rings (SSSR count). The minimum Gasteiger partial charge on any atom is -0.368 e. The maximum absolute atomic E-state index is 13.5. The second kappa shape index (κ2) is 7.24. The minimum absolute atomic E-state index is 0.103. The Balaban J connectivity index is 3.09. The number of amides is 1. The van der Waals surface area contributed by atoms with Gasteiger partial charge < -0.3 is 16.0 Å². The van der Waals surface area contributed by atoms with Crippen molar-refractivity contribution >= 4 is 11.6 Å². The van der Waals surface area contributed by atoms with Crippen molar-refractivity contribution in [3.8, 4) is 0 Å². The van der Waals surface area contributed by atoms with E-state index >= 15 is 0 Å². The van der Waals surface area contributed by atoms with E-state index in [1.807, 2.05) is 32.6 Å². The molecule has 5 heteroatoms. The number of halogens is 1. The molecule has 20 heavy (non-hydrogen) atoms. The highest BCUT2D eigenvalue weighted by atomic mass is 19.1. The largest absolute Gasteiger partial charge is 0.368 e. The van der Waals surface area contributed by atoms with Crippen molar-refractivity contribution in [1.29, 1.82) is 0 Å². The Hall–Kier alpha value is -1.62. The van der Waals surface area contributed by atoms with Gasteiger partial charge in [-0.15, -0.1) is 0 Å². The molecule has 0 saturated carbocycles. The molecule has 1 amide bonds. The highest BCUT2D eigenvalue weighted by molar-refractivity contribution is 5.80. The van der Waals surface area contributed by atoms with Crippen molar-refractivity contribution < 1.29 is 9.18 Å². The van der Waals surface area contributed by atoms with E-state index in [1.165, 1.54) is 12.1 Å². The van der Waals surface area contributed by atoms with Crippen molar-refractivity contribution in [2.24, 2.45) is 5.73 Å². The molecule has 1 aromatic rings. The monoisotopic (exact) mass is 281 g/mol. The van der Waals surface area contributed by atoms with Crippen LogP contribution in [0, 0.1) is 5.82 Å². The third kappa shape index (κ3) is 4.81. The van der Waals surface area contributed by atoms with Gasteiger partial charge in [0.25, 0.3) is 0 Å². The lowest BCUT2D eigenvalue weighted by atomic mass is 10.1. The third-order valence-electron chi connectivity index (χ3n) is 3.00. The van der Waals surface area contributed by atoms with Gasteiger partial charge in [0, 0.05) is 24.3 Å². The zero-order chi connectivity index (χ0) is 15.3.